The maximum absolute atomic E-state index is 14.5. The topological polar surface area (TPSA) is 87.7 Å². The molecule has 0 aliphatic carbocycles. The van der Waals surface area contributed by atoms with E-state index in [-0.39, 0.29) is 24.3 Å². The van der Waals surface area contributed by atoms with Gasteiger partial charge in [-0.3, -0.25) is 9.59 Å². The van der Waals surface area contributed by atoms with Crippen molar-refractivity contribution in [2.24, 2.45) is 0 Å². The van der Waals surface area contributed by atoms with Crippen LogP contribution in [0.5, 0.6) is 0 Å². The smallest absolute Gasteiger partial charge is 0.408 e. The third-order valence-corrected chi connectivity index (χ3v) is 6.61. The molecule has 0 heterocycles. The SMILES string of the molecule is C#Cc1ccccc1C(C(=O)NCCCCC)N(C(=O)C(Cc1ccccc1)NC(=O)OC(C)(C)C)C(C)CC. The standard InChI is InChI=1S/C33H45N3O4/c1-8-11-17-22-34-30(37)29(27-21-16-15-20-26(27)10-3)36(24(4)9-2)31(38)28(23-25-18-13-12-14-19-25)35-32(39)40-33(5,6)7/h3,12-16,18-21,24,28-29H,8-9,11,17,22-23H2,1-2,4-7H3,(H,34,37)(H,35,39). The second-order valence-corrected chi connectivity index (χ2v) is 11.0. The van der Waals surface area contributed by atoms with Gasteiger partial charge < -0.3 is 20.3 Å². The summed E-state index contributed by atoms with van der Waals surface area (Å²) in [6.45, 7) is 11.8. The molecule has 0 bridgehead atoms. The normalized spacial score (nSPS) is 13.3. The maximum atomic E-state index is 14.5. The molecule has 0 radical (unpaired) electrons. The lowest BCUT2D eigenvalue weighted by Crippen LogP contribution is -2.56. The second kappa shape index (κ2) is 15.7. The lowest BCUT2D eigenvalue weighted by Gasteiger charge is -2.38. The Morgan fingerprint density at radius 2 is 1.65 bits per heavy atom. The van der Waals surface area contributed by atoms with Crippen molar-refractivity contribution in [2.75, 3.05) is 6.54 Å². The van der Waals surface area contributed by atoms with Gasteiger partial charge in [0, 0.05) is 24.6 Å². The van der Waals surface area contributed by atoms with E-state index in [1.807, 2.05) is 56.3 Å². The van der Waals surface area contributed by atoms with E-state index in [4.69, 9.17) is 11.2 Å². The van der Waals surface area contributed by atoms with E-state index in [2.05, 4.69) is 23.5 Å². The molecule has 0 spiro atoms. The summed E-state index contributed by atoms with van der Waals surface area (Å²) in [6.07, 6.45) is 8.80. The fourth-order valence-electron chi connectivity index (χ4n) is 4.44. The van der Waals surface area contributed by atoms with Gasteiger partial charge in [-0.1, -0.05) is 81.1 Å². The summed E-state index contributed by atoms with van der Waals surface area (Å²) in [7, 11) is 0. The van der Waals surface area contributed by atoms with E-state index in [0.29, 0.717) is 24.1 Å². The van der Waals surface area contributed by atoms with E-state index >= 15 is 0 Å². The largest absolute Gasteiger partial charge is 0.444 e. The number of ether oxygens (including phenoxy) is 1. The number of carbonyl (C=O) groups excluding carboxylic acids is 3. The first-order chi connectivity index (χ1) is 19.0. The van der Waals surface area contributed by atoms with Crippen LogP contribution in [0.3, 0.4) is 0 Å². The summed E-state index contributed by atoms with van der Waals surface area (Å²) in [4.78, 5) is 42.8. The summed E-state index contributed by atoms with van der Waals surface area (Å²) in [5.74, 6) is 1.99. The van der Waals surface area contributed by atoms with Crippen LogP contribution in [0.25, 0.3) is 0 Å². The number of unbranched alkanes of at least 4 members (excludes halogenated alkanes) is 2. The first-order valence-electron chi connectivity index (χ1n) is 14.2. The predicted molar refractivity (Wildman–Crippen MR) is 160 cm³/mol. The van der Waals surface area contributed by atoms with Crippen LogP contribution in [0.2, 0.25) is 0 Å². The van der Waals surface area contributed by atoms with Gasteiger partial charge >= 0.3 is 6.09 Å². The zero-order chi connectivity index (χ0) is 29.7. The lowest BCUT2D eigenvalue weighted by molar-refractivity contribution is -0.145. The van der Waals surface area contributed by atoms with Gasteiger partial charge in [-0.25, -0.2) is 4.79 Å². The minimum atomic E-state index is -0.977. The van der Waals surface area contributed by atoms with E-state index in [9.17, 15) is 14.4 Å². The molecule has 7 heteroatoms. The molecular formula is C33H45N3O4. The Kier molecular flexibility index (Phi) is 12.7. The molecule has 2 aromatic carbocycles. The first kappa shape index (κ1) is 32.4. The molecule has 2 N–H and O–H groups in total. The van der Waals surface area contributed by atoms with Crippen LogP contribution in [0.15, 0.2) is 54.6 Å². The monoisotopic (exact) mass is 547 g/mol. The molecule has 3 unspecified atom stereocenters. The van der Waals surface area contributed by atoms with Crippen LogP contribution >= 0.6 is 0 Å². The van der Waals surface area contributed by atoms with Gasteiger partial charge in [-0.2, -0.15) is 0 Å². The molecular weight excluding hydrogens is 502 g/mol. The Morgan fingerprint density at radius 3 is 2.25 bits per heavy atom. The highest BCUT2D eigenvalue weighted by atomic mass is 16.6. The van der Waals surface area contributed by atoms with Crippen LogP contribution in [-0.2, 0) is 20.7 Å². The van der Waals surface area contributed by atoms with Crippen LogP contribution in [-0.4, -0.2) is 47.0 Å². The molecule has 0 fully saturated rings. The third kappa shape index (κ3) is 9.75. The maximum Gasteiger partial charge on any atom is 0.408 e. The fraction of sp³-hybridized carbons (Fsp3) is 0.485. The van der Waals surface area contributed by atoms with Gasteiger partial charge in [-0.15, -0.1) is 6.42 Å². The third-order valence-electron chi connectivity index (χ3n) is 6.61. The van der Waals surface area contributed by atoms with E-state index in [1.165, 1.54) is 0 Å². The van der Waals surface area contributed by atoms with Crippen molar-refractivity contribution in [2.45, 2.75) is 97.4 Å². The second-order valence-electron chi connectivity index (χ2n) is 11.0. The number of alkyl carbamates (subject to hydrolysis) is 1. The minimum Gasteiger partial charge on any atom is -0.444 e. The summed E-state index contributed by atoms with van der Waals surface area (Å²) >= 11 is 0. The molecule has 216 valence electrons. The number of benzene rings is 2. The van der Waals surface area contributed by atoms with Gasteiger partial charge in [0.1, 0.15) is 17.7 Å². The Hall–Kier alpha value is -3.79. The predicted octanol–water partition coefficient (Wildman–Crippen LogP) is 5.78. The summed E-state index contributed by atoms with van der Waals surface area (Å²) in [5.41, 5.74) is 1.23. The van der Waals surface area contributed by atoms with Crippen molar-refractivity contribution in [3.05, 3.63) is 71.3 Å². The van der Waals surface area contributed by atoms with Gasteiger partial charge in [0.25, 0.3) is 0 Å². The number of amides is 3. The number of nitrogens with one attached hydrogen (secondary N) is 2. The zero-order valence-electron chi connectivity index (χ0n) is 24.8. The number of hydrogen-bond acceptors (Lipinski definition) is 4. The lowest BCUT2D eigenvalue weighted by atomic mass is 9.95. The molecule has 3 amide bonds. The van der Waals surface area contributed by atoms with E-state index < -0.39 is 23.8 Å². The highest BCUT2D eigenvalue weighted by Gasteiger charge is 2.39. The van der Waals surface area contributed by atoms with Gasteiger partial charge in [0.15, 0.2) is 0 Å². The first-order valence-corrected chi connectivity index (χ1v) is 14.2. The Morgan fingerprint density at radius 1 is 1.00 bits per heavy atom. The molecule has 2 aromatic rings. The molecule has 40 heavy (non-hydrogen) atoms. The molecule has 0 saturated carbocycles. The Balaban J connectivity index is 2.58. The van der Waals surface area contributed by atoms with Gasteiger partial charge in [0.05, 0.1) is 0 Å². The quantitative estimate of drug-likeness (QED) is 0.246. The van der Waals surface area contributed by atoms with Crippen molar-refractivity contribution in [1.29, 1.82) is 0 Å². The number of hydrogen-bond donors (Lipinski definition) is 2. The number of nitrogens with zero attached hydrogens (tertiary/aromatic N) is 1. The molecule has 2 rings (SSSR count). The molecule has 0 saturated heterocycles. The van der Waals surface area contributed by atoms with Crippen LogP contribution in [0.4, 0.5) is 4.79 Å². The summed E-state index contributed by atoms with van der Waals surface area (Å²) in [5, 5.41) is 5.82. The highest BCUT2D eigenvalue weighted by Crippen LogP contribution is 2.29. The molecule has 7 nitrogen and oxygen atoms in total. The van der Waals surface area contributed by atoms with Crippen LogP contribution < -0.4 is 10.6 Å². The fourth-order valence-corrected chi connectivity index (χ4v) is 4.44. The van der Waals surface area contributed by atoms with Crippen molar-refractivity contribution in [3.63, 3.8) is 0 Å². The van der Waals surface area contributed by atoms with Gasteiger partial charge in [0.2, 0.25) is 11.8 Å². The van der Waals surface area contributed by atoms with E-state index in [0.717, 1.165) is 24.8 Å². The zero-order valence-corrected chi connectivity index (χ0v) is 24.8. The van der Waals surface area contributed by atoms with Crippen molar-refractivity contribution in [1.82, 2.24) is 15.5 Å². The van der Waals surface area contributed by atoms with Crippen LogP contribution in [0, 0.1) is 12.3 Å². The van der Waals surface area contributed by atoms with Crippen molar-refractivity contribution in [3.8, 4) is 12.3 Å². The Bertz CT molecular complexity index is 1150. The molecule has 3 atom stereocenters. The molecule has 0 aliphatic rings. The molecule has 0 aliphatic heterocycles. The summed E-state index contributed by atoms with van der Waals surface area (Å²) in [6, 6.07) is 14.4. The van der Waals surface area contributed by atoms with Crippen LogP contribution in [0.1, 0.15) is 90.0 Å². The van der Waals surface area contributed by atoms with Crippen molar-refractivity contribution < 1.29 is 19.1 Å². The minimum absolute atomic E-state index is 0.230. The van der Waals surface area contributed by atoms with Gasteiger partial charge in [-0.05, 0) is 57.7 Å². The number of terminal acetylenes is 1. The molecule has 0 aromatic heterocycles. The average Bonchev–Trinajstić information content (AvgIpc) is 2.92. The average molecular weight is 548 g/mol. The number of carbonyl (C=O) groups is 3. The highest BCUT2D eigenvalue weighted by molar-refractivity contribution is 5.93. The van der Waals surface area contributed by atoms with Crippen molar-refractivity contribution >= 4 is 17.9 Å². The Labute approximate surface area is 240 Å². The summed E-state index contributed by atoms with van der Waals surface area (Å²) < 4.78 is 5.50. The number of rotatable bonds is 13. The van der Waals surface area contributed by atoms with E-state index in [1.54, 1.807) is 37.8 Å².